The molecule has 0 saturated carbocycles. The van der Waals surface area contributed by atoms with Gasteiger partial charge in [0.05, 0.1) is 19.1 Å². The SMILES string of the molecule is CCCOc1ccc(C2C(C#N)=C(N)Oc3cc(OC(=O)c4oc5ccc(Cl)cc5c4C)ccc32)cc1OCC. The van der Waals surface area contributed by atoms with Gasteiger partial charge in [0, 0.05) is 27.6 Å². The Morgan fingerprint density at radius 1 is 1.07 bits per heavy atom. The van der Waals surface area contributed by atoms with Crippen molar-refractivity contribution in [2.24, 2.45) is 5.73 Å². The molecule has 0 fully saturated rings. The Balaban J connectivity index is 1.48. The lowest BCUT2D eigenvalue weighted by Crippen LogP contribution is -2.21. The monoisotopic (exact) mass is 558 g/mol. The molecular weight excluding hydrogens is 532 g/mol. The van der Waals surface area contributed by atoms with Gasteiger partial charge in [-0.3, -0.25) is 0 Å². The van der Waals surface area contributed by atoms with Gasteiger partial charge in [0.2, 0.25) is 11.6 Å². The summed E-state index contributed by atoms with van der Waals surface area (Å²) in [6, 6.07) is 17.8. The number of nitrogens with two attached hydrogens (primary N) is 1. The fraction of sp³-hybridized carbons (Fsp3) is 0.226. The maximum Gasteiger partial charge on any atom is 0.379 e. The smallest absolute Gasteiger partial charge is 0.379 e. The second-order valence-corrected chi connectivity index (χ2v) is 9.63. The molecule has 40 heavy (non-hydrogen) atoms. The maximum absolute atomic E-state index is 13.0. The van der Waals surface area contributed by atoms with Crippen molar-refractivity contribution in [3.8, 4) is 29.1 Å². The Morgan fingerprint density at radius 3 is 2.65 bits per heavy atom. The molecule has 1 atom stereocenters. The number of carbonyl (C=O) groups excluding carboxylic acids is 1. The Labute approximate surface area is 236 Å². The van der Waals surface area contributed by atoms with E-state index in [-0.39, 0.29) is 23.0 Å². The van der Waals surface area contributed by atoms with Gasteiger partial charge >= 0.3 is 5.97 Å². The number of hydrogen-bond acceptors (Lipinski definition) is 8. The number of nitriles is 1. The minimum absolute atomic E-state index is 0.0299. The van der Waals surface area contributed by atoms with E-state index >= 15 is 0 Å². The first-order valence-electron chi connectivity index (χ1n) is 12.9. The summed E-state index contributed by atoms with van der Waals surface area (Å²) in [5, 5.41) is 11.2. The molecule has 2 heterocycles. The normalized spacial score (nSPS) is 14.3. The highest BCUT2D eigenvalue weighted by Crippen LogP contribution is 2.45. The van der Waals surface area contributed by atoms with Crippen LogP contribution >= 0.6 is 11.6 Å². The molecule has 4 aromatic rings. The van der Waals surface area contributed by atoms with Gasteiger partial charge in [0.25, 0.3) is 0 Å². The zero-order valence-corrected chi connectivity index (χ0v) is 23.0. The molecule has 204 valence electrons. The highest BCUT2D eigenvalue weighted by molar-refractivity contribution is 6.31. The Kier molecular flexibility index (Phi) is 7.58. The molecule has 5 rings (SSSR count). The topological polar surface area (TPSA) is 117 Å². The average Bonchev–Trinajstić information content (AvgIpc) is 3.27. The van der Waals surface area contributed by atoms with Crippen molar-refractivity contribution in [1.82, 2.24) is 0 Å². The molecule has 1 aliphatic heterocycles. The first-order chi connectivity index (χ1) is 19.3. The molecule has 1 aromatic heterocycles. The van der Waals surface area contributed by atoms with Crippen LogP contribution in [0, 0.1) is 18.3 Å². The molecule has 1 unspecified atom stereocenters. The number of hydrogen-bond donors (Lipinski definition) is 1. The van der Waals surface area contributed by atoms with Crippen LogP contribution in [0.5, 0.6) is 23.0 Å². The number of allylic oxidation sites excluding steroid dienone is 1. The van der Waals surface area contributed by atoms with E-state index in [1.54, 1.807) is 43.3 Å². The summed E-state index contributed by atoms with van der Waals surface area (Å²) in [4.78, 5) is 13.0. The maximum atomic E-state index is 13.0. The van der Waals surface area contributed by atoms with Crippen LogP contribution in [0.15, 0.2) is 70.5 Å². The highest BCUT2D eigenvalue weighted by atomic mass is 35.5. The quantitative estimate of drug-likeness (QED) is 0.181. The second kappa shape index (κ2) is 11.2. The van der Waals surface area contributed by atoms with Crippen molar-refractivity contribution < 1.29 is 28.2 Å². The van der Waals surface area contributed by atoms with E-state index in [9.17, 15) is 10.1 Å². The molecule has 9 heteroatoms. The first kappa shape index (κ1) is 27.0. The van der Waals surface area contributed by atoms with Crippen molar-refractivity contribution in [2.45, 2.75) is 33.1 Å². The largest absolute Gasteiger partial charge is 0.490 e. The Hall–Kier alpha value is -4.61. The minimum Gasteiger partial charge on any atom is -0.490 e. The standard InChI is InChI=1S/C31H27ClN2O6/c1-4-12-37-25-10-6-18(13-27(25)36-5-2)28-21-9-8-20(15-26(21)40-30(34)23(28)16-33)38-31(35)29-17(3)22-14-19(32)7-11-24(22)39-29/h6-11,13-15,28H,4-5,12,34H2,1-3H3. The number of carbonyl (C=O) groups is 1. The third-order valence-corrected chi connectivity index (χ3v) is 6.78. The van der Waals surface area contributed by atoms with Gasteiger partial charge in [0.15, 0.2) is 11.5 Å². The van der Waals surface area contributed by atoms with Gasteiger partial charge in [-0.2, -0.15) is 5.26 Å². The van der Waals surface area contributed by atoms with E-state index in [2.05, 4.69) is 6.07 Å². The van der Waals surface area contributed by atoms with Gasteiger partial charge in [-0.15, -0.1) is 0 Å². The first-order valence-corrected chi connectivity index (χ1v) is 13.2. The van der Waals surface area contributed by atoms with E-state index < -0.39 is 11.9 Å². The van der Waals surface area contributed by atoms with Gasteiger partial charge in [-0.05, 0) is 62.2 Å². The summed E-state index contributed by atoms with van der Waals surface area (Å²) in [6.45, 7) is 6.69. The number of furan rings is 1. The minimum atomic E-state index is -0.664. The molecule has 1 aliphatic rings. The zero-order chi connectivity index (χ0) is 28.4. The van der Waals surface area contributed by atoms with Crippen LogP contribution in [0.3, 0.4) is 0 Å². The third kappa shape index (κ3) is 5.04. The molecule has 3 aromatic carbocycles. The summed E-state index contributed by atoms with van der Waals surface area (Å²) in [5.41, 5.74) is 9.07. The number of rotatable bonds is 8. The molecule has 0 saturated heterocycles. The van der Waals surface area contributed by atoms with Crippen LogP contribution < -0.4 is 24.7 Å². The summed E-state index contributed by atoms with van der Waals surface area (Å²) in [5.74, 6) is 0.649. The van der Waals surface area contributed by atoms with Crippen LogP contribution in [0.25, 0.3) is 11.0 Å². The Bertz CT molecular complexity index is 1680. The number of benzene rings is 3. The average molecular weight is 559 g/mol. The number of halogens is 1. The highest BCUT2D eigenvalue weighted by Gasteiger charge is 2.32. The lowest BCUT2D eigenvalue weighted by molar-refractivity contribution is 0.0702. The van der Waals surface area contributed by atoms with Gasteiger partial charge in [0.1, 0.15) is 28.7 Å². The molecule has 0 amide bonds. The van der Waals surface area contributed by atoms with Gasteiger partial charge in [-0.25, -0.2) is 4.79 Å². The Morgan fingerprint density at radius 2 is 1.90 bits per heavy atom. The number of fused-ring (bicyclic) bond motifs is 2. The summed E-state index contributed by atoms with van der Waals surface area (Å²) < 4.78 is 28.8. The van der Waals surface area contributed by atoms with Crippen molar-refractivity contribution >= 4 is 28.5 Å². The van der Waals surface area contributed by atoms with E-state index in [0.717, 1.165) is 17.4 Å². The predicted octanol–water partition coefficient (Wildman–Crippen LogP) is 7.02. The second-order valence-electron chi connectivity index (χ2n) is 9.20. The van der Waals surface area contributed by atoms with E-state index in [1.165, 1.54) is 0 Å². The van der Waals surface area contributed by atoms with Crippen LogP contribution in [0.4, 0.5) is 0 Å². The van der Waals surface area contributed by atoms with Crippen molar-refractivity contribution in [2.75, 3.05) is 13.2 Å². The van der Waals surface area contributed by atoms with Crippen LogP contribution in [0.1, 0.15) is 53.4 Å². The molecule has 2 N–H and O–H groups in total. The van der Waals surface area contributed by atoms with E-state index in [4.69, 9.17) is 40.7 Å². The molecule has 0 bridgehead atoms. The lowest BCUT2D eigenvalue weighted by Gasteiger charge is -2.27. The molecule has 8 nitrogen and oxygen atoms in total. The summed E-state index contributed by atoms with van der Waals surface area (Å²) in [7, 11) is 0. The van der Waals surface area contributed by atoms with Gasteiger partial charge < -0.3 is 29.1 Å². The number of ether oxygens (including phenoxy) is 4. The zero-order valence-electron chi connectivity index (χ0n) is 22.2. The summed E-state index contributed by atoms with van der Waals surface area (Å²) in [6.07, 6.45) is 0.857. The van der Waals surface area contributed by atoms with E-state index in [0.29, 0.717) is 52.2 Å². The van der Waals surface area contributed by atoms with Crippen molar-refractivity contribution in [1.29, 1.82) is 5.26 Å². The van der Waals surface area contributed by atoms with E-state index in [1.807, 2.05) is 32.0 Å². The molecule has 0 radical (unpaired) electrons. The van der Waals surface area contributed by atoms with Crippen LogP contribution in [-0.2, 0) is 0 Å². The molecule has 0 spiro atoms. The summed E-state index contributed by atoms with van der Waals surface area (Å²) >= 11 is 6.10. The van der Waals surface area contributed by atoms with Crippen molar-refractivity contribution in [3.63, 3.8) is 0 Å². The van der Waals surface area contributed by atoms with Crippen molar-refractivity contribution in [3.05, 3.63) is 93.5 Å². The van der Waals surface area contributed by atoms with Gasteiger partial charge in [-0.1, -0.05) is 30.7 Å². The van der Waals surface area contributed by atoms with Crippen LogP contribution in [0.2, 0.25) is 5.02 Å². The third-order valence-electron chi connectivity index (χ3n) is 6.55. The molecular formula is C31H27ClN2O6. The fourth-order valence-electron chi connectivity index (χ4n) is 4.69. The lowest BCUT2D eigenvalue weighted by atomic mass is 9.83. The fourth-order valence-corrected chi connectivity index (χ4v) is 4.86. The predicted molar refractivity (Wildman–Crippen MR) is 150 cm³/mol. The number of nitrogens with zero attached hydrogens (tertiary/aromatic N) is 1. The van der Waals surface area contributed by atoms with Crippen LogP contribution in [-0.4, -0.2) is 19.2 Å². The number of aryl methyl sites for hydroxylation is 1. The number of esters is 1. The molecule has 0 aliphatic carbocycles.